The molecule has 0 saturated heterocycles. The van der Waals surface area contributed by atoms with Gasteiger partial charge >= 0.3 is 6.18 Å². The first-order chi connectivity index (χ1) is 12.3. The van der Waals surface area contributed by atoms with Gasteiger partial charge in [-0.25, -0.2) is 4.68 Å². The topological polar surface area (TPSA) is 46.9 Å². The SMILES string of the molecule is O=C(NCc1ccc(C(F)(F)F)cc1)c1ccn(-c2ccccc2Cl)n1. The molecule has 0 aliphatic heterocycles. The number of carbonyl (C=O) groups is 1. The summed E-state index contributed by atoms with van der Waals surface area (Å²) in [6, 6.07) is 13.2. The molecule has 3 aromatic rings. The van der Waals surface area contributed by atoms with Gasteiger partial charge in [-0.05, 0) is 35.9 Å². The highest BCUT2D eigenvalue weighted by Gasteiger charge is 2.29. The van der Waals surface area contributed by atoms with Crippen LogP contribution in [-0.4, -0.2) is 15.7 Å². The summed E-state index contributed by atoms with van der Waals surface area (Å²) in [6.45, 7) is 0.0932. The molecule has 1 amide bonds. The van der Waals surface area contributed by atoms with Crippen LogP contribution in [0.1, 0.15) is 21.6 Å². The molecule has 0 radical (unpaired) electrons. The third-order valence-electron chi connectivity index (χ3n) is 3.66. The van der Waals surface area contributed by atoms with Crippen molar-refractivity contribution < 1.29 is 18.0 Å². The van der Waals surface area contributed by atoms with E-state index < -0.39 is 17.6 Å². The summed E-state index contributed by atoms with van der Waals surface area (Å²) in [7, 11) is 0. The highest BCUT2D eigenvalue weighted by molar-refractivity contribution is 6.32. The molecule has 1 N–H and O–H groups in total. The van der Waals surface area contributed by atoms with Crippen molar-refractivity contribution in [1.29, 1.82) is 0 Å². The van der Waals surface area contributed by atoms with Gasteiger partial charge in [0, 0.05) is 12.7 Å². The first-order valence-electron chi connectivity index (χ1n) is 7.59. The monoisotopic (exact) mass is 379 g/mol. The number of para-hydroxylation sites is 1. The zero-order chi connectivity index (χ0) is 18.7. The fourth-order valence-electron chi connectivity index (χ4n) is 2.30. The van der Waals surface area contributed by atoms with Gasteiger partial charge in [0.25, 0.3) is 5.91 Å². The lowest BCUT2D eigenvalue weighted by Gasteiger charge is -2.08. The molecule has 0 bridgehead atoms. The molecule has 1 aromatic heterocycles. The lowest BCUT2D eigenvalue weighted by Crippen LogP contribution is -2.23. The second-order valence-corrected chi connectivity index (χ2v) is 5.88. The zero-order valence-electron chi connectivity index (χ0n) is 13.3. The standard InChI is InChI=1S/C18H13ClF3N3O/c19-14-3-1-2-4-16(14)25-10-9-15(24-25)17(26)23-11-12-5-7-13(8-6-12)18(20,21)22/h1-10H,11H2,(H,23,26). The molecular formula is C18H13ClF3N3O. The van der Waals surface area contributed by atoms with Crippen LogP contribution < -0.4 is 5.32 Å². The van der Waals surface area contributed by atoms with E-state index in [1.54, 1.807) is 30.5 Å². The molecule has 3 rings (SSSR count). The minimum Gasteiger partial charge on any atom is -0.347 e. The van der Waals surface area contributed by atoms with E-state index in [1.807, 2.05) is 0 Å². The Morgan fingerprint density at radius 2 is 1.77 bits per heavy atom. The van der Waals surface area contributed by atoms with Crippen molar-refractivity contribution in [2.24, 2.45) is 0 Å². The van der Waals surface area contributed by atoms with Gasteiger partial charge in [-0.15, -0.1) is 0 Å². The van der Waals surface area contributed by atoms with E-state index in [2.05, 4.69) is 10.4 Å². The van der Waals surface area contributed by atoms with Crippen molar-refractivity contribution in [2.75, 3.05) is 0 Å². The Balaban J connectivity index is 1.65. The fourth-order valence-corrected chi connectivity index (χ4v) is 2.52. The molecule has 0 atom stereocenters. The predicted octanol–water partition coefficient (Wildman–Crippen LogP) is 4.47. The Kier molecular flexibility index (Phi) is 4.99. The molecule has 0 aliphatic carbocycles. The van der Waals surface area contributed by atoms with Gasteiger partial charge in [0.15, 0.2) is 5.69 Å². The summed E-state index contributed by atoms with van der Waals surface area (Å²) in [6.07, 6.45) is -2.78. The Morgan fingerprint density at radius 1 is 1.08 bits per heavy atom. The van der Waals surface area contributed by atoms with E-state index in [-0.39, 0.29) is 12.2 Å². The van der Waals surface area contributed by atoms with Gasteiger partial charge in [-0.1, -0.05) is 35.9 Å². The molecule has 0 fully saturated rings. The van der Waals surface area contributed by atoms with Crippen LogP contribution in [0.3, 0.4) is 0 Å². The first-order valence-corrected chi connectivity index (χ1v) is 7.97. The Bertz CT molecular complexity index is 920. The largest absolute Gasteiger partial charge is 0.416 e. The van der Waals surface area contributed by atoms with E-state index in [4.69, 9.17) is 11.6 Å². The Morgan fingerprint density at radius 3 is 2.42 bits per heavy atom. The summed E-state index contributed by atoms with van der Waals surface area (Å²) in [4.78, 5) is 12.2. The number of carbonyl (C=O) groups excluding carboxylic acids is 1. The molecule has 2 aromatic carbocycles. The summed E-state index contributed by atoms with van der Waals surface area (Å²) < 4.78 is 39.1. The molecule has 1 heterocycles. The molecule has 4 nitrogen and oxygen atoms in total. The minimum absolute atomic E-state index is 0.0932. The summed E-state index contributed by atoms with van der Waals surface area (Å²) >= 11 is 6.09. The smallest absolute Gasteiger partial charge is 0.347 e. The van der Waals surface area contributed by atoms with Crippen LogP contribution in [-0.2, 0) is 12.7 Å². The van der Waals surface area contributed by atoms with Crippen molar-refractivity contribution >= 4 is 17.5 Å². The number of nitrogens with zero attached hydrogens (tertiary/aromatic N) is 2. The van der Waals surface area contributed by atoms with Crippen LogP contribution in [0, 0.1) is 0 Å². The van der Waals surface area contributed by atoms with Crippen LogP contribution >= 0.6 is 11.6 Å². The number of benzene rings is 2. The second kappa shape index (κ2) is 7.21. The van der Waals surface area contributed by atoms with Crippen LogP contribution in [0.2, 0.25) is 5.02 Å². The molecule has 0 saturated carbocycles. The number of nitrogens with one attached hydrogen (secondary N) is 1. The number of amides is 1. The van der Waals surface area contributed by atoms with Crippen LogP contribution in [0.4, 0.5) is 13.2 Å². The molecule has 8 heteroatoms. The van der Waals surface area contributed by atoms with Gasteiger partial charge in [0.05, 0.1) is 16.3 Å². The lowest BCUT2D eigenvalue weighted by atomic mass is 10.1. The van der Waals surface area contributed by atoms with Gasteiger partial charge in [0.1, 0.15) is 0 Å². The summed E-state index contributed by atoms with van der Waals surface area (Å²) in [5, 5.41) is 7.29. The third-order valence-corrected chi connectivity index (χ3v) is 3.97. The highest BCUT2D eigenvalue weighted by Crippen LogP contribution is 2.29. The molecule has 0 unspecified atom stereocenters. The van der Waals surface area contributed by atoms with Crippen molar-refractivity contribution in [1.82, 2.24) is 15.1 Å². The zero-order valence-corrected chi connectivity index (χ0v) is 14.1. The fraction of sp³-hybridized carbons (Fsp3) is 0.111. The van der Waals surface area contributed by atoms with Crippen molar-refractivity contribution in [3.8, 4) is 5.69 Å². The molecular weight excluding hydrogens is 367 g/mol. The van der Waals surface area contributed by atoms with Crippen molar-refractivity contribution in [3.63, 3.8) is 0 Å². The van der Waals surface area contributed by atoms with Crippen molar-refractivity contribution in [2.45, 2.75) is 12.7 Å². The van der Waals surface area contributed by atoms with Crippen LogP contribution in [0.15, 0.2) is 60.8 Å². The number of hydrogen-bond acceptors (Lipinski definition) is 2. The summed E-state index contributed by atoms with van der Waals surface area (Å²) in [5.74, 6) is -0.435. The predicted molar refractivity (Wildman–Crippen MR) is 91.2 cm³/mol. The van der Waals surface area contributed by atoms with Crippen molar-refractivity contribution in [3.05, 3.63) is 82.6 Å². The number of aromatic nitrogens is 2. The van der Waals surface area contributed by atoms with E-state index in [1.165, 1.54) is 22.9 Å². The molecule has 134 valence electrons. The van der Waals surface area contributed by atoms with Gasteiger partial charge in [0.2, 0.25) is 0 Å². The number of hydrogen-bond donors (Lipinski definition) is 1. The average Bonchev–Trinajstić information content (AvgIpc) is 3.09. The van der Waals surface area contributed by atoms with E-state index in [0.717, 1.165) is 12.1 Å². The number of rotatable bonds is 4. The number of halogens is 4. The van der Waals surface area contributed by atoms with Gasteiger partial charge in [-0.3, -0.25) is 4.79 Å². The second-order valence-electron chi connectivity index (χ2n) is 5.47. The third kappa shape index (κ3) is 4.05. The summed E-state index contributed by atoms with van der Waals surface area (Å²) in [5.41, 5.74) is 0.635. The maximum atomic E-state index is 12.5. The van der Waals surface area contributed by atoms with E-state index >= 15 is 0 Å². The van der Waals surface area contributed by atoms with Crippen LogP contribution in [0.5, 0.6) is 0 Å². The normalized spacial score (nSPS) is 11.4. The number of alkyl halides is 3. The Labute approximate surface area is 152 Å². The van der Waals surface area contributed by atoms with E-state index in [0.29, 0.717) is 16.3 Å². The maximum absolute atomic E-state index is 12.5. The van der Waals surface area contributed by atoms with Gasteiger partial charge in [-0.2, -0.15) is 18.3 Å². The average molecular weight is 380 g/mol. The van der Waals surface area contributed by atoms with Gasteiger partial charge < -0.3 is 5.32 Å². The maximum Gasteiger partial charge on any atom is 0.416 e. The first kappa shape index (κ1) is 18.0. The lowest BCUT2D eigenvalue weighted by molar-refractivity contribution is -0.137. The van der Waals surface area contributed by atoms with E-state index in [9.17, 15) is 18.0 Å². The molecule has 26 heavy (non-hydrogen) atoms. The minimum atomic E-state index is -4.38. The molecule has 0 spiro atoms. The highest BCUT2D eigenvalue weighted by atomic mass is 35.5. The quantitative estimate of drug-likeness (QED) is 0.726. The Hall–Kier alpha value is -2.80. The molecule has 0 aliphatic rings. The van der Waals surface area contributed by atoms with Crippen LogP contribution in [0.25, 0.3) is 5.69 Å².